The molecular formula is C12H14N4O2. The number of nitrogen functional groups attached to an aromatic ring is 1. The Hall–Kier alpha value is -2.08. The maximum absolute atomic E-state index is 5.73. The van der Waals surface area contributed by atoms with Gasteiger partial charge in [0.15, 0.2) is 0 Å². The molecule has 94 valence electrons. The molecule has 0 aliphatic carbocycles. The molecule has 0 spiro atoms. The molecule has 0 bridgehead atoms. The second-order valence-electron chi connectivity index (χ2n) is 4.12. The average Bonchev–Trinajstić information content (AvgIpc) is 2.89. The minimum absolute atomic E-state index is 0.490. The highest BCUT2D eigenvalue weighted by Gasteiger charge is 2.17. The van der Waals surface area contributed by atoms with E-state index in [1.54, 1.807) is 0 Å². The number of nitrogens with zero attached hydrogens (tertiary/aromatic N) is 3. The van der Waals surface area contributed by atoms with Crippen molar-refractivity contribution in [3.05, 3.63) is 24.3 Å². The lowest BCUT2D eigenvalue weighted by molar-refractivity contribution is 0.121. The molecule has 0 atom stereocenters. The van der Waals surface area contributed by atoms with Gasteiger partial charge < -0.3 is 19.9 Å². The van der Waals surface area contributed by atoms with Crippen molar-refractivity contribution < 1.29 is 9.26 Å². The number of anilines is 2. The maximum Gasteiger partial charge on any atom is 0.266 e. The maximum atomic E-state index is 5.73. The van der Waals surface area contributed by atoms with Gasteiger partial charge in [0.05, 0.1) is 13.2 Å². The number of morpholine rings is 1. The summed E-state index contributed by atoms with van der Waals surface area (Å²) in [6, 6.07) is 7.40. The van der Waals surface area contributed by atoms with Gasteiger partial charge in [-0.2, -0.15) is 4.98 Å². The van der Waals surface area contributed by atoms with E-state index in [0.29, 0.717) is 30.7 Å². The molecule has 0 unspecified atom stereocenters. The number of rotatable bonds is 2. The molecule has 1 aromatic heterocycles. The van der Waals surface area contributed by atoms with E-state index < -0.39 is 0 Å². The van der Waals surface area contributed by atoms with Crippen molar-refractivity contribution in [1.29, 1.82) is 0 Å². The summed E-state index contributed by atoms with van der Waals surface area (Å²) in [6.07, 6.45) is 0. The van der Waals surface area contributed by atoms with Crippen molar-refractivity contribution in [1.82, 2.24) is 10.1 Å². The molecular weight excluding hydrogens is 232 g/mol. The molecule has 6 nitrogen and oxygen atoms in total. The molecule has 1 saturated heterocycles. The predicted molar refractivity (Wildman–Crippen MR) is 67.2 cm³/mol. The van der Waals surface area contributed by atoms with E-state index in [1.807, 2.05) is 29.2 Å². The Morgan fingerprint density at radius 2 is 2.06 bits per heavy atom. The van der Waals surface area contributed by atoms with Gasteiger partial charge in [-0.25, -0.2) is 0 Å². The van der Waals surface area contributed by atoms with Gasteiger partial charge in [-0.15, -0.1) is 0 Å². The molecule has 0 radical (unpaired) electrons. The molecule has 18 heavy (non-hydrogen) atoms. The van der Waals surface area contributed by atoms with Crippen LogP contribution in [-0.2, 0) is 4.74 Å². The van der Waals surface area contributed by atoms with Gasteiger partial charge in [-0.05, 0) is 23.4 Å². The molecule has 6 heteroatoms. The van der Waals surface area contributed by atoms with Crippen LogP contribution in [0, 0.1) is 0 Å². The van der Waals surface area contributed by atoms with Crippen LogP contribution in [0.2, 0.25) is 0 Å². The highest BCUT2D eigenvalue weighted by Crippen LogP contribution is 2.22. The SMILES string of the molecule is Nc1cccc(-c2nc(N3CCOCC3)no2)c1. The van der Waals surface area contributed by atoms with E-state index >= 15 is 0 Å². The summed E-state index contributed by atoms with van der Waals surface area (Å²) in [4.78, 5) is 6.43. The van der Waals surface area contributed by atoms with Gasteiger partial charge >= 0.3 is 0 Å². The van der Waals surface area contributed by atoms with E-state index in [2.05, 4.69) is 10.1 Å². The van der Waals surface area contributed by atoms with Crippen molar-refractivity contribution in [2.75, 3.05) is 36.9 Å². The summed E-state index contributed by atoms with van der Waals surface area (Å²) in [7, 11) is 0. The lowest BCUT2D eigenvalue weighted by Crippen LogP contribution is -2.36. The third kappa shape index (κ3) is 2.14. The first-order valence-electron chi connectivity index (χ1n) is 5.85. The van der Waals surface area contributed by atoms with E-state index in [0.717, 1.165) is 18.7 Å². The van der Waals surface area contributed by atoms with Crippen LogP contribution in [0.3, 0.4) is 0 Å². The molecule has 1 fully saturated rings. The minimum Gasteiger partial charge on any atom is -0.399 e. The fourth-order valence-corrected chi connectivity index (χ4v) is 1.90. The number of aromatic nitrogens is 2. The van der Waals surface area contributed by atoms with E-state index in [9.17, 15) is 0 Å². The first-order chi connectivity index (χ1) is 8.83. The second-order valence-corrected chi connectivity index (χ2v) is 4.12. The average molecular weight is 246 g/mol. The fraction of sp³-hybridized carbons (Fsp3) is 0.333. The molecule has 1 aromatic carbocycles. The number of benzene rings is 1. The van der Waals surface area contributed by atoms with Gasteiger partial charge in [-0.3, -0.25) is 0 Å². The van der Waals surface area contributed by atoms with Gasteiger partial charge in [-0.1, -0.05) is 6.07 Å². The normalized spacial score (nSPS) is 15.9. The van der Waals surface area contributed by atoms with Crippen LogP contribution in [0.5, 0.6) is 0 Å². The van der Waals surface area contributed by atoms with Crippen molar-refractivity contribution in [3.8, 4) is 11.5 Å². The zero-order chi connectivity index (χ0) is 12.4. The van der Waals surface area contributed by atoms with E-state index in [4.69, 9.17) is 15.0 Å². The molecule has 2 heterocycles. The van der Waals surface area contributed by atoms with Crippen LogP contribution >= 0.6 is 0 Å². The van der Waals surface area contributed by atoms with Crippen LogP contribution in [0.15, 0.2) is 28.8 Å². The Morgan fingerprint density at radius 1 is 1.22 bits per heavy atom. The first kappa shape index (κ1) is 11.0. The van der Waals surface area contributed by atoms with Crippen LogP contribution in [-0.4, -0.2) is 36.4 Å². The Bertz CT molecular complexity index is 534. The van der Waals surface area contributed by atoms with Crippen LogP contribution in [0.4, 0.5) is 11.6 Å². The molecule has 0 saturated carbocycles. The van der Waals surface area contributed by atoms with E-state index in [1.165, 1.54) is 0 Å². The largest absolute Gasteiger partial charge is 0.399 e. The molecule has 0 amide bonds. The topological polar surface area (TPSA) is 77.4 Å². The van der Waals surface area contributed by atoms with Crippen LogP contribution < -0.4 is 10.6 Å². The fourth-order valence-electron chi connectivity index (χ4n) is 1.90. The standard InChI is InChI=1S/C12H14N4O2/c13-10-3-1-2-9(8-10)11-14-12(15-18-11)16-4-6-17-7-5-16/h1-3,8H,4-7,13H2. The quantitative estimate of drug-likeness (QED) is 0.801. The second kappa shape index (κ2) is 4.66. The Morgan fingerprint density at radius 3 is 2.83 bits per heavy atom. The first-order valence-corrected chi connectivity index (χ1v) is 5.85. The summed E-state index contributed by atoms with van der Waals surface area (Å²) in [6.45, 7) is 2.97. The zero-order valence-corrected chi connectivity index (χ0v) is 9.87. The summed E-state index contributed by atoms with van der Waals surface area (Å²) in [5.41, 5.74) is 7.24. The van der Waals surface area contributed by atoms with Crippen molar-refractivity contribution in [3.63, 3.8) is 0 Å². The monoisotopic (exact) mass is 246 g/mol. The van der Waals surface area contributed by atoms with Crippen molar-refractivity contribution in [2.45, 2.75) is 0 Å². The molecule has 1 aliphatic rings. The van der Waals surface area contributed by atoms with Gasteiger partial charge in [0, 0.05) is 24.3 Å². The summed E-state index contributed by atoms with van der Waals surface area (Å²) >= 11 is 0. The zero-order valence-electron chi connectivity index (χ0n) is 9.87. The van der Waals surface area contributed by atoms with Crippen LogP contribution in [0.25, 0.3) is 11.5 Å². The Labute approximate surface area is 104 Å². The van der Waals surface area contributed by atoms with Crippen LogP contribution in [0.1, 0.15) is 0 Å². The lowest BCUT2D eigenvalue weighted by Gasteiger charge is -2.24. The smallest absolute Gasteiger partial charge is 0.266 e. The van der Waals surface area contributed by atoms with Gasteiger partial charge in [0.25, 0.3) is 11.8 Å². The van der Waals surface area contributed by atoms with Crippen molar-refractivity contribution in [2.24, 2.45) is 0 Å². The predicted octanol–water partition coefficient (Wildman–Crippen LogP) is 1.16. The Kier molecular flexibility index (Phi) is 2.85. The van der Waals surface area contributed by atoms with E-state index in [-0.39, 0.29) is 0 Å². The molecule has 2 aromatic rings. The van der Waals surface area contributed by atoms with Crippen molar-refractivity contribution >= 4 is 11.6 Å². The Balaban J connectivity index is 1.84. The summed E-state index contributed by atoms with van der Waals surface area (Å²) in [5.74, 6) is 1.10. The number of hydrogen-bond donors (Lipinski definition) is 1. The summed E-state index contributed by atoms with van der Waals surface area (Å²) < 4.78 is 10.5. The lowest BCUT2D eigenvalue weighted by atomic mass is 10.2. The highest BCUT2D eigenvalue weighted by molar-refractivity contribution is 5.60. The third-order valence-electron chi connectivity index (χ3n) is 2.84. The number of hydrogen-bond acceptors (Lipinski definition) is 6. The molecule has 3 rings (SSSR count). The molecule has 2 N–H and O–H groups in total. The highest BCUT2D eigenvalue weighted by atomic mass is 16.5. The van der Waals surface area contributed by atoms with Gasteiger partial charge in [0.1, 0.15) is 0 Å². The number of nitrogens with two attached hydrogens (primary N) is 1. The molecule has 1 aliphatic heterocycles. The minimum atomic E-state index is 0.490. The third-order valence-corrected chi connectivity index (χ3v) is 2.84. The number of ether oxygens (including phenoxy) is 1. The summed E-state index contributed by atoms with van der Waals surface area (Å²) in [5, 5.41) is 3.99. The van der Waals surface area contributed by atoms with Gasteiger partial charge in [0.2, 0.25) is 0 Å².